The molecule has 1 aromatic heterocycles. The van der Waals surface area contributed by atoms with Crippen molar-refractivity contribution in [3.8, 4) is 0 Å². The molecular formula is C15H17N3O3S. The summed E-state index contributed by atoms with van der Waals surface area (Å²) in [6.45, 7) is 2.40. The summed E-state index contributed by atoms with van der Waals surface area (Å²) >= 11 is 0. The topological polar surface area (TPSA) is 81.1 Å². The van der Waals surface area contributed by atoms with E-state index in [0.29, 0.717) is 6.54 Å². The Bertz CT molecular complexity index is 783. The molecule has 0 radical (unpaired) electrons. The molecule has 1 aliphatic carbocycles. The SMILES string of the molecule is C[C@H]1C[C@H]1C(=O)NS(=O)(=O)c1cnn(Cc2ccccc2)c1. The number of nitrogens with one attached hydrogen (secondary N) is 1. The van der Waals surface area contributed by atoms with Crippen LogP contribution in [0, 0.1) is 11.8 Å². The van der Waals surface area contributed by atoms with Gasteiger partial charge in [-0.2, -0.15) is 5.10 Å². The second-order valence-electron chi connectivity index (χ2n) is 5.65. The molecule has 1 N–H and O–H groups in total. The van der Waals surface area contributed by atoms with Crippen molar-refractivity contribution in [1.29, 1.82) is 0 Å². The number of hydrogen-bond acceptors (Lipinski definition) is 4. The van der Waals surface area contributed by atoms with E-state index >= 15 is 0 Å². The molecule has 2 aromatic rings. The highest BCUT2D eigenvalue weighted by molar-refractivity contribution is 7.90. The first-order valence-electron chi connectivity index (χ1n) is 7.09. The Morgan fingerprint density at radius 1 is 1.36 bits per heavy atom. The van der Waals surface area contributed by atoms with Crippen LogP contribution < -0.4 is 4.72 Å². The fourth-order valence-corrected chi connectivity index (χ4v) is 3.28. The van der Waals surface area contributed by atoms with Gasteiger partial charge in [0.05, 0.1) is 12.7 Å². The van der Waals surface area contributed by atoms with Crippen molar-refractivity contribution in [3.05, 3.63) is 48.3 Å². The number of rotatable bonds is 5. The van der Waals surface area contributed by atoms with Crippen molar-refractivity contribution in [1.82, 2.24) is 14.5 Å². The van der Waals surface area contributed by atoms with Crippen molar-refractivity contribution >= 4 is 15.9 Å². The monoisotopic (exact) mass is 319 g/mol. The van der Waals surface area contributed by atoms with Gasteiger partial charge in [0.1, 0.15) is 4.90 Å². The average molecular weight is 319 g/mol. The third kappa shape index (κ3) is 3.19. The lowest BCUT2D eigenvalue weighted by Gasteiger charge is -2.04. The number of benzene rings is 1. The number of amides is 1. The molecule has 6 nitrogen and oxygen atoms in total. The largest absolute Gasteiger partial charge is 0.274 e. The molecule has 22 heavy (non-hydrogen) atoms. The molecule has 0 spiro atoms. The quantitative estimate of drug-likeness (QED) is 0.903. The van der Waals surface area contributed by atoms with Gasteiger partial charge in [0, 0.05) is 12.1 Å². The van der Waals surface area contributed by atoms with Crippen LogP contribution in [0.3, 0.4) is 0 Å². The Balaban J connectivity index is 1.71. The van der Waals surface area contributed by atoms with Gasteiger partial charge in [-0.15, -0.1) is 0 Å². The first kappa shape index (κ1) is 14.8. The summed E-state index contributed by atoms with van der Waals surface area (Å²) in [6.07, 6.45) is 3.43. The minimum Gasteiger partial charge on any atom is -0.274 e. The number of sulfonamides is 1. The van der Waals surface area contributed by atoms with E-state index in [2.05, 4.69) is 9.82 Å². The van der Waals surface area contributed by atoms with Gasteiger partial charge < -0.3 is 0 Å². The molecule has 0 saturated heterocycles. The molecule has 0 unspecified atom stereocenters. The van der Waals surface area contributed by atoms with Crippen molar-refractivity contribution < 1.29 is 13.2 Å². The van der Waals surface area contributed by atoms with Crippen LogP contribution in [0.15, 0.2) is 47.6 Å². The van der Waals surface area contributed by atoms with Crippen LogP contribution in [0.1, 0.15) is 18.9 Å². The molecule has 116 valence electrons. The molecule has 0 bridgehead atoms. The van der Waals surface area contributed by atoms with E-state index in [1.807, 2.05) is 37.3 Å². The van der Waals surface area contributed by atoms with Crippen molar-refractivity contribution in [3.63, 3.8) is 0 Å². The van der Waals surface area contributed by atoms with Gasteiger partial charge >= 0.3 is 0 Å². The van der Waals surface area contributed by atoms with Gasteiger partial charge in [0.25, 0.3) is 10.0 Å². The van der Waals surface area contributed by atoms with E-state index in [9.17, 15) is 13.2 Å². The predicted octanol–water partition coefficient (Wildman–Crippen LogP) is 1.39. The summed E-state index contributed by atoms with van der Waals surface area (Å²) in [7, 11) is -3.84. The Labute approximate surface area is 129 Å². The van der Waals surface area contributed by atoms with Crippen LogP contribution in [0.25, 0.3) is 0 Å². The number of hydrogen-bond donors (Lipinski definition) is 1. The Morgan fingerprint density at radius 3 is 2.68 bits per heavy atom. The predicted molar refractivity (Wildman–Crippen MR) is 80.4 cm³/mol. The zero-order valence-electron chi connectivity index (χ0n) is 12.1. The zero-order valence-corrected chi connectivity index (χ0v) is 13.0. The van der Waals surface area contributed by atoms with E-state index < -0.39 is 15.9 Å². The van der Waals surface area contributed by atoms with Crippen LogP contribution in [-0.4, -0.2) is 24.1 Å². The van der Waals surface area contributed by atoms with Gasteiger partial charge in [-0.05, 0) is 17.9 Å². The molecule has 2 atom stereocenters. The highest BCUT2D eigenvalue weighted by Gasteiger charge is 2.40. The van der Waals surface area contributed by atoms with Crippen molar-refractivity contribution in [2.24, 2.45) is 11.8 Å². The maximum atomic E-state index is 12.2. The highest BCUT2D eigenvalue weighted by Crippen LogP contribution is 2.37. The van der Waals surface area contributed by atoms with Crippen LogP contribution >= 0.6 is 0 Å². The molecular weight excluding hydrogens is 302 g/mol. The molecule has 3 rings (SSSR count). The molecule has 1 aromatic carbocycles. The maximum absolute atomic E-state index is 12.2. The van der Waals surface area contributed by atoms with E-state index in [0.717, 1.165) is 12.0 Å². The molecule has 1 fully saturated rings. The molecule has 7 heteroatoms. The Morgan fingerprint density at radius 2 is 2.05 bits per heavy atom. The summed E-state index contributed by atoms with van der Waals surface area (Å²) in [5.41, 5.74) is 1.02. The minimum absolute atomic E-state index is 0.00471. The van der Waals surface area contributed by atoms with E-state index in [1.54, 1.807) is 0 Å². The summed E-state index contributed by atoms with van der Waals surface area (Å²) in [5.74, 6) is -0.353. The molecule has 1 saturated carbocycles. The highest BCUT2D eigenvalue weighted by atomic mass is 32.2. The average Bonchev–Trinajstić information content (AvgIpc) is 3.02. The number of nitrogens with zero attached hydrogens (tertiary/aromatic N) is 2. The fraction of sp³-hybridized carbons (Fsp3) is 0.333. The van der Waals surface area contributed by atoms with Gasteiger partial charge in [-0.3, -0.25) is 9.48 Å². The standard InChI is InChI=1S/C15H17N3O3S/c1-11-7-14(11)15(19)17-22(20,21)13-8-16-18(10-13)9-12-5-3-2-4-6-12/h2-6,8,10-11,14H,7,9H2,1H3,(H,17,19)/t11-,14+/m0/s1. The van der Waals surface area contributed by atoms with Crippen LogP contribution in [-0.2, 0) is 21.4 Å². The summed E-state index contributed by atoms with van der Waals surface area (Å²) in [4.78, 5) is 11.8. The van der Waals surface area contributed by atoms with Gasteiger partial charge in [0.15, 0.2) is 0 Å². The van der Waals surface area contributed by atoms with Crippen molar-refractivity contribution in [2.75, 3.05) is 0 Å². The van der Waals surface area contributed by atoms with Crippen LogP contribution in [0.4, 0.5) is 0 Å². The van der Waals surface area contributed by atoms with E-state index in [-0.39, 0.29) is 16.7 Å². The van der Waals surface area contributed by atoms with E-state index in [4.69, 9.17) is 0 Å². The smallest absolute Gasteiger partial charge is 0.267 e. The van der Waals surface area contributed by atoms with Gasteiger partial charge in [-0.25, -0.2) is 13.1 Å². The molecule has 0 aliphatic heterocycles. The van der Waals surface area contributed by atoms with E-state index in [1.165, 1.54) is 17.1 Å². The lowest BCUT2D eigenvalue weighted by Crippen LogP contribution is -2.31. The third-order valence-electron chi connectivity index (χ3n) is 3.79. The minimum atomic E-state index is -3.84. The lowest BCUT2D eigenvalue weighted by molar-refractivity contribution is -0.120. The maximum Gasteiger partial charge on any atom is 0.267 e. The second-order valence-corrected chi connectivity index (χ2v) is 7.33. The Kier molecular flexibility index (Phi) is 3.74. The number of aromatic nitrogens is 2. The van der Waals surface area contributed by atoms with Gasteiger partial charge in [0.2, 0.25) is 5.91 Å². The second kappa shape index (κ2) is 5.57. The summed E-state index contributed by atoms with van der Waals surface area (Å²) in [6, 6.07) is 9.61. The molecule has 1 amide bonds. The first-order chi connectivity index (χ1) is 10.5. The lowest BCUT2D eigenvalue weighted by atomic mass is 10.2. The van der Waals surface area contributed by atoms with Crippen molar-refractivity contribution in [2.45, 2.75) is 24.8 Å². The number of carbonyl (C=O) groups is 1. The third-order valence-corrected chi connectivity index (χ3v) is 5.09. The van der Waals surface area contributed by atoms with Gasteiger partial charge in [-0.1, -0.05) is 37.3 Å². The number of carbonyl (C=O) groups excluding carboxylic acids is 1. The van der Waals surface area contributed by atoms with Crippen LogP contribution in [0.5, 0.6) is 0 Å². The first-order valence-corrected chi connectivity index (χ1v) is 8.57. The van der Waals surface area contributed by atoms with Crippen LogP contribution in [0.2, 0.25) is 0 Å². The zero-order chi connectivity index (χ0) is 15.7. The molecule has 1 aliphatic rings. The summed E-state index contributed by atoms with van der Waals surface area (Å²) in [5, 5.41) is 4.05. The summed E-state index contributed by atoms with van der Waals surface area (Å²) < 4.78 is 28.0. The fourth-order valence-electron chi connectivity index (χ4n) is 2.29. The Hall–Kier alpha value is -2.15. The molecule has 1 heterocycles. The normalized spacial score (nSPS) is 20.6.